The Morgan fingerprint density at radius 1 is 1.31 bits per heavy atom. The minimum absolute atomic E-state index is 0.0230. The number of Topliss-reactive ketones (excluding diaryl/α,β-unsaturated/α-hetero) is 1. The van der Waals surface area contributed by atoms with Crippen molar-refractivity contribution in [2.24, 2.45) is 0 Å². The number of carbonyl (C=O) groups is 2. The molecule has 16 heavy (non-hydrogen) atoms. The van der Waals surface area contributed by atoms with E-state index in [4.69, 9.17) is 0 Å². The van der Waals surface area contributed by atoms with Crippen LogP contribution < -0.4 is 5.32 Å². The van der Waals surface area contributed by atoms with E-state index in [1.807, 2.05) is 0 Å². The van der Waals surface area contributed by atoms with E-state index in [2.05, 4.69) is 17.1 Å². The molecule has 0 unspecified atom stereocenters. The monoisotopic (exact) mass is 226 g/mol. The Hall–Kier alpha value is -0.900. The average Bonchev–Trinajstić information content (AvgIpc) is 2.20. The van der Waals surface area contributed by atoms with Gasteiger partial charge in [-0.05, 0) is 32.7 Å². The first kappa shape index (κ1) is 13.2. The van der Waals surface area contributed by atoms with Gasteiger partial charge in [0.05, 0.1) is 6.42 Å². The largest absolute Gasteiger partial charge is 0.353 e. The third kappa shape index (κ3) is 4.75. The van der Waals surface area contributed by atoms with Gasteiger partial charge >= 0.3 is 0 Å². The van der Waals surface area contributed by atoms with E-state index in [1.165, 1.54) is 13.3 Å². The fourth-order valence-corrected chi connectivity index (χ4v) is 2.12. The maximum Gasteiger partial charge on any atom is 0.227 e. The number of rotatable bonds is 5. The predicted octanol–water partition coefficient (Wildman–Crippen LogP) is 0.956. The quantitative estimate of drug-likeness (QED) is 0.710. The maximum absolute atomic E-state index is 11.4. The van der Waals surface area contributed by atoms with Crippen molar-refractivity contribution in [2.75, 3.05) is 19.6 Å². The minimum atomic E-state index is -0.124. The normalized spacial score (nSPS) is 18.4. The maximum atomic E-state index is 11.4. The molecule has 0 atom stereocenters. The number of nitrogens with zero attached hydrogens (tertiary/aromatic N) is 1. The molecule has 0 bridgehead atoms. The van der Waals surface area contributed by atoms with Crippen molar-refractivity contribution in [3.8, 4) is 0 Å². The van der Waals surface area contributed by atoms with Gasteiger partial charge in [0.1, 0.15) is 5.78 Å². The molecule has 0 aromatic carbocycles. The van der Waals surface area contributed by atoms with Crippen LogP contribution >= 0.6 is 0 Å². The standard InChI is InChI=1S/C12H22N2O2/c1-3-6-14-7-4-11(5-8-14)13-12(16)9-10(2)15/h11H,3-9H2,1-2H3,(H,13,16). The van der Waals surface area contributed by atoms with Gasteiger partial charge in [0, 0.05) is 19.1 Å². The van der Waals surface area contributed by atoms with Crippen LogP contribution in [-0.4, -0.2) is 42.3 Å². The second kappa shape index (κ2) is 6.63. The molecule has 4 heteroatoms. The molecule has 1 aliphatic heterocycles. The molecule has 4 nitrogen and oxygen atoms in total. The molecule has 1 N–H and O–H groups in total. The number of piperidine rings is 1. The fourth-order valence-electron chi connectivity index (χ4n) is 2.12. The highest BCUT2D eigenvalue weighted by Gasteiger charge is 2.20. The summed E-state index contributed by atoms with van der Waals surface area (Å²) in [6.07, 6.45) is 3.21. The van der Waals surface area contributed by atoms with Crippen LogP contribution in [0.15, 0.2) is 0 Å². The molecule has 1 amide bonds. The zero-order valence-corrected chi connectivity index (χ0v) is 10.3. The number of likely N-dealkylation sites (tertiary alicyclic amines) is 1. The van der Waals surface area contributed by atoms with Gasteiger partial charge in [0.15, 0.2) is 0 Å². The van der Waals surface area contributed by atoms with E-state index < -0.39 is 0 Å². The molecule has 1 fully saturated rings. The van der Waals surface area contributed by atoms with Crippen LogP contribution in [0.5, 0.6) is 0 Å². The summed E-state index contributed by atoms with van der Waals surface area (Å²) in [4.78, 5) is 24.6. The lowest BCUT2D eigenvalue weighted by Gasteiger charge is -2.32. The van der Waals surface area contributed by atoms with Crippen molar-refractivity contribution in [1.82, 2.24) is 10.2 Å². The molecular weight excluding hydrogens is 204 g/mol. The second-order valence-corrected chi connectivity index (χ2v) is 4.56. The Bertz CT molecular complexity index is 245. The second-order valence-electron chi connectivity index (χ2n) is 4.56. The number of hydrogen-bond donors (Lipinski definition) is 1. The summed E-state index contributed by atoms with van der Waals surface area (Å²) < 4.78 is 0. The van der Waals surface area contributed by atoms with Gasteiger partial charge in [0.2, 0.25) is 5.91 Å². The Morgan fingerprint density at radius 2 is 1.94 bits per heavy atom. The Labute approximate surface area is 97.4 Å². The summed E-state index contributed by atoms with van der Waals surface area (Å²) in [7, 11) is 0. The van der Waals surface area contributed by atoms with Crippen molar-refractivity contribution < 1.29 is 9.59 Å². The van der Waals surface area contributed by atoms with Crippen LogP contribution in [0.1, 0.15) is 39.5 Å². The molecule has 0 aliphatic carbocycles. The van der Waals surface area contributed by atoms with E-state index in [-0.39, 0.29) is 24.2 Å². The topological polar surface area (TPSA) is 49.4 Å². The number of hydrogen-bond acceptors (Lipinski definition) is 3. The van der Waals surface area contributed by atoms with Crippen LogP contribution in [0.3, 0.4) is 0 Å². The molecule has 0 aromatic rings. The lowest BCUT2D eigenvalue weighted by Crippen LogP contribution is -2.45. The lowest BCUT2D eigenvalue weighted by molar-refractivity contribution is -0.127. The van der Waals surface area contributed by atoms with Gasteiger partial charge in [-0.25, -0.2) is 0 Å². The van der Waals surface area contributed by atoms with Crippen molar-refractivity contribution in [3.63, 3.8) is 0 Å². The molecular formula is C12H22N2O2. The van der Waals surface area contributed by atoms with Crippen molar-refractivity contribution in [3.05, 3.63) is 0 Å². The summed E-state index contributed by atoms with van der Waals surface area (Å²) >= 11 is 0. The fraction of sp³-hybridized carbons (Fsp3) is 0.833. The highest BCUT2D eigenvalue weighted by atomic mass is 16.2. The summed E-state index contributed by atoms with van der Waals surface area (Å²) in [5.41, 5.74) is 0. The first-order valence-corrected chi connectivity index (χ1v) is 6.13. The van der Waals surface area contributed by atoms with E-state index >= 15 is 0 Å². The van der Waals surface area contributed by atoms with Crippen molar-refractivity contribution >= 4 is 11.7 Å². The summed E-state index contributed by atoms with van der Waals surface area (Å²) in [6.45, 7) is 6.88. The number of ketones is 1. The van der Waals surface area contributed by atoms with Gasteiger partial charge in [-0.1, -0.05) is 6.92 Å². The first-order valence-electron chi connectivity index (χ1n) is 6.13. The number of nitrogens with one attached hydrogen (secondary N) is 1. The molecule has 0 radical (unpaired) electrons. The molecule has 0 aromatic heterocycles. The van der Waals surface area contributed by atoms with Crippen LogP contribution in [-0.2, 0) is 9.59 Å². The van der Waals surface area contributed by atoms with Crippen LogP contribution in [0.25, 0.3) is 0 Å². The third-order valence-electron chi connectivity index (χ3n) is 2.90. The molecule has 92 valence electrons. The van der Waals surface area contributed by atoms with E-state index in [0.29, 0.717) is 0 Å². The van der Waals surface area contributed by atoms with Gasteiger partial charge in [0.25, 0.3) is 0 Å². The highest BCUT2D eigenvalue weighted by molar-refractivity contribution is 5.96. The number of carbonyl (C=O) groups excluding carboxylic acids is 2. The third-order valence-corrected chi connectivity index (χ3v) is 2.90. The van der Waals surface area contributed by atoms with Crippen molar-refractivity contribution in [2.45, 2.75) is 45.6 Å². The molecule has 0 spiro atoms. The Kier molecular flexibility index (Phi) is 5.46. The van der Waals surface area contributed by atoms with Crippen LogP contribution in [0.4, 0.5) is 0 Å². The summed E-state index contributed by atoms with van der Waals surface area (Å²) in [5, 5.41) is 2.93. The summed E-state index contributed by atoms with van der Waals surface area (Å²) in [5.74, 6) is -0.192. The number of amides is 1. The van der Waals surface area contributed by atoms with Crippen molar-refractivity contribution in [1.29, 1.82) is 0 Å². The Balaban J connectivity index is 2.21. The van der Waals surface area contributed by atoms with E-state index in [0.717, 1.165) is 32.5 Å². The molecule has 1 heterocycles. The van der Waals surface area contributed by atoms with Gasteiger partial charge in [-0.3, -0.25) is 9.59 Å². The highest BCUT2D eigenvalue weighted by Crippen LogP contribution is 2.10. The molecule has 0 saturated carbocycles. The average molecular weight is 226 g/mol. The van der Waals surface area contributed by atoms with E-state index in [1.54, 1.807) is 0 Å². The SMILES string of the molecule is CCCN1CCC(NC(=O)CC(C)=O)CC1. The zero-order chi connectivity index (χ0) is 12.0. The zero-order valence-electron chi connectivity index (χ0n) is 10.3. The van der Waals surface area contributed by atoms with Crippen LogP contribution in [0.2, 0.25) is 0 Å². The Morgan fingerprint density at radius 3 is 2.44 bits per heavy atom. The van der Waals surface area contributed by atoms with Gasteiger partial charge in [-0.15, -0.1) is 0 Å². The smallest absolute Gasteiger partial charge is 0.227 e. The molecule has 1 aliphatic rings. The minimum Gasteiger partial charge on any atom is -0.353 e. The summed E-state index contributed by atoms with van der Waals surface area (Å²) in [6, 6.07) is 0.264. The van der Waals surface area contributed by atoms with Gasteiger partial charge < -0.3 is 10.2 Å². The van der Waals surface area contributed by atoms with E-state index in [9.17, 15) is 9.59 Å². The van der Waals surface area contributed by atoms with Gasteiger partial charge in [-0.2, -0.15) is 0 Å². The molecule has 1 rings (SSSR count). The lowest BCUT2D eigenvalue weighted by atomic mass is 10.0. The first-order chi connectivity index (χ1) is 7.61. The van der Waals surface area contributed by atoms with Crippen LogP contribution in [0, 0.1) is 0 Å². The molecule has 1 saturated heterocycles. The predicted molar refractivity (Wildman–Crippen MR) is 63.2 cm³/mol.